The molecule has 0 unspecified atom stereocenters. The number of aromatic nitrogens is 2. The van der Waals surface area contributed by atoms with Gasteiger partial charge in [0.2, 0.25) is 0 Å². The highest BCUT2D eigenvalue weighted by molar-refractivity contribution is 5.89. The number of hydrogen-bond donors (Lipinski definition) is 3. The van der Waals surface area contributed by atoms with Crippen molar-refractivity contribution in [3.8, 4) is 17.2 Å². The molecule has 0 amide bonds. The van der Waals surface area contributed by atoms with E-state index in [-0.39, 0.29) is 11.4 Å². The second-order valence-electron chi connectivity index (χ2n) is 3.77. The maximum Gasteiger partial charge on any atom is 0.356 e. The van der Waals surface area contributed by atoms with Crippen molar-refractivity contribution < 1.29 is 19.4 Å². The minimum absolute atomic E-state index is 0.0883. The molecule has 90 valence electrons. The number of phenols is 1. The molecule has 0 saturated carbocycles. The molecule has 0 aliphatic carbocycles. The Labute approximate surface area is 100 Å². The van der Waals surface area contributed by atoms with Crippen LogP contribution in [0.3, 0.4) is 0 Å². The Hall–Kier alpha value is -2.76. The fourth-order valence-corrected chi connectivity index (χ4v) is 1.74. The fourth-order valence-electron chi connectivity index (χ4n) is 1.74. The highest BCUT2D eigenvalue weighted by atomic mass is 16.4. The number of benzene rings is 1. The van der Waals surface area contributed by atoms with E-state index in [4.69, 9.17) is 9.52 Å². The number of furan rings is 1. The normalized spacial score (nSPS) is 10.9. The summed E-state index contributed by atoms with van der Waals surface area (Å²) in [5, 5.41) is 25.2. The number of nitrogens with one attached hydrogen (secondary N) is 1. The molecule has 0 aliphatic rings. The summed E-state index contributed by atoms with van der Waals surface area (Å²) >= 11 is 0. The van der Waals surface area contributed by atoms with E-state index in [0.29, 0.717) is 22.4 Å². The van der Waals surface area contributed by atoms with Gasteiger partial charge in [-0.1, -0.05) is 6.07 Å². The Morgan fingerprint density at radius 3 is 2.83 bits per heavy atom. The van der Waals surface area contributed by atoms with Gasteiger partial charge in [0.05, 0.1) is 5.39 Å². The maximum absolute atomic E-state index is 10.7. The van der Waals surface area contributed by atoms with Gasteiger partial charge in [-0.05, 0) is 18.2 Å². The van der Waals surface area contributed by atoms with Crippen molar-refractivity contribution in [1.29, 1.82) is 0 Å². The number of aromatic amines is 1. The van der Waals surface area contributed by atoms with Crippen molar-refractivity contribution in [2.45, 2.75) is 0 Å². The zero-order valence-electron chi connectivity index (χ0n) is 9.04. The van der Waals surface area contributed by atoms with Crippen molar-refractivity contribution in [3.05, 3.63) is 36.0 Å². The SMILES string of the molecule is O=C(O)c1cc(-c2cc3c(O)cccc3o2)[nH]n1. The highest BCUT2D eigenvalue weighted by Crippen LogP contribution is 2.31. The molecule has 0 fully saturated rings. The standard InChI is InChI=1S/C12H8N2O4/c15-9-2-1-3-10-6(9)4-11(18-10)7-5-8(12(16)17)14-13-7/h1-5,15H,(H,13,14)(H,16,17). The summed E-state index contributed by atoms with van der Waals surface area (Å²) in [6, 6.07) is 7.94. The van der Waals surface area contributed by atoms with Crippen LogP contribution in [0.5, 0.6) is 5.75 Å². The van der Waals surface area contributed by atoms with Crippen LogP contribution < -0.4 is 0 Å². The molecule has 3 rings (SSSR count). The minimum atomic E-state index is -1.11. The third-order valence-electron chi connectivity index (χ3n) is 2.60. The quantitative estimate of drug-likeness (QED) is 0.641. The first-order chi connectivity index (χ1) is 8.65. The number of carbonyl (C=O) groups is 1. The topological polar surface area (TPSA) is 99.4 Å². The number of rotatable bonds is 2. The summed E-state index contributed by atoms with van der Waals surface area (Å²) in [6.45, 7) is 0. The maximum atomic E-state index is 10.7. The van der Waals surface area contributed by atoms with E-state index < -0.39 is 5.97 Å². The van der Waals surface area contributed by atoms with Crippen LogP contribution in [-0.2, 0) is 0 Å². The van der Waals surface area contributed by atoms with Crippen molar-refractivity contribution in [3.63, 3.8) is 0 Å². The van der Waals surface area contributed by atoms with Gasteiger partial charge in [0.15, 0.2) is 11.5 Å². The summed E-state index contributed by atoms with van der Waals surface area (Å²) < 4.78 is 5.50. The highest BCUT2D eigenvalue weighted by Gasteiger charge is 2.14. The lowest BCUT2D eigenvalue weighted by Gasteiger charge is -1.89. The van der Waals surface area contributed by atoms with Gasteiger partial charge in [-0.2, -0.15) is 5.10 Å². The van der Waals surface area contributed by atoms with Gasteiger partial charge in [-0.25, -0.2) is 4.79 Å². The molecule has 3 aromatic rings. The lowest BCUT2D eigenvalue weighted by Crippen LogP contribution is -1.95. The fraction of sp³-hybridized carbons (Fsp3) is 0. The molecular weight excluding hydrogens is 236 g/mol. The van der Waals surface area contributed by atoms with Crippen LogP contribution in [0.15, 0.2) is 34.7 Å². The first kappa shape index (κ1) is 10.4. The molecule has 1 aromatic carbocycles. The van der Waals surface area contributed by atoms with Crippen molar-refractivity contribution >= 4 is 16.9 Å². The van der Waals surface area contributed by atoms with Crippen LogP contribution in [0.2, 0.25) is 0 Å². The summed E-state index contributed by atoms with van der Waals surface area (Å²) in [5.74, 6) is -0.580. The molecule has 0 spiro atoms. The number of fused-ring (bicyclic) bond motifs is 1. The third kappa shape index (κ3) is 1.51. The Balaban J connectivity index is 2.13. The number of aromatic carboxylic acids is 1. The Morgan fingerprint density at radius 1 is 1.33 bits per heavy atom. The number of nitrogens with zero attached hydrogens (tertiary/aromatic N) is 1. The van der Waals surface area contributed by atoms with E-state index in [1.54, 1.807) is 24.3 Å². The van der Waals surface area contributed by atoms with Gasteiger partial charge >= 0.3 is 5.97 Å². The molecular formula is C12H8N2O4. The molecule has 0 saturated heterocycles. The van der Waals surface area contributed by atoms with Crippen LogP contribution in [0.4, 0.5) is 0 Å². The average molecular weight is 244 g/mol. The van der Waals surface area contributed by atoms with E-state index in [1.807, 2.05) is 0 Å². The predicted molar refractivity (Wildman–Crippen MR) is 62.4 cm³/mol. The monoisotopic (exact) mass is 244 g/mol. The average Bonchev–Trinajstić information content (AvgIpc) is 2.95. The van der Waals surface area contributed by atoms with E-state index in [2.05, 4.69) is 10.2 Å². The first-order valence-electron chi connectivity index (χ1n) is 5.16. The molecule has 0 aliphatic heterocycles. The zero-order chi connectivity index (χ0) is 12.7. The zero-order valence-corrected chi connectivity index (χ0v) is 9.04. The third-order valence-corrected chi connectivity index (χ3v) is 2.60. The van der Waals surface area contributed by atoms with Gasteiger partial charge in [0, 0.05) is 6.07 Å². The number of aromatic hydroxyl groups is 1. The summed E-state index contributed by atoms with van der Waals surface area (Å²) in [4.78, 5) is 10.7. The van der Waals surface area contributed by atoms with Gasteiger partial charge in [0.1, 0.15) is 17.0 Å². The lowest BCUT2D eigenvalue weighted by molar-refractivity contribution is 0.0690. The van der Waals surface area contributed by atoms with Gasteiger partial charge in [0.25, 0.3) is 0 Å². The van der Waals surface area contributed by atoms with Crippen LogP contribution in [0.1, 0.15) is 10.5 Å². The van der Waals surface area contributed by atoms with E-state index >= 15 is 0 Å². The summed E-state index contributed by atoms with van der Waals surface area (Å²) in [7, 11) is 0. The largest absolute Gasteiger partial charge is 0.507 e. The molecule has 0 atom stereocenters. The number of carboxylic acids is 1. The van der Waals surface area contributed by atoms with Crippen molar-refractivity contribution in [2.75, 3.05) is 0 Å². The molecule has 3 N–H and O–H groups in total. The molecule has 0 bridgehead atoms. The van der Waals surface area contributed by atoms with E-state index in [1.165, 1.54) is 6.07 Å². The molecule has 6 heteroatoms. The lowest BCUT2D eigenvalue weighted by atomic mass is 10.2. The van der Waals surface area contributed by atoms with E-state index in [0.717, 1.165) is 0 Å². The smallest absolute Gasteiger partial charge is 0.356 e. The second kappa shape index (κ2) is 3.63. The van der Waals surface area contributed by atoms with Crippen molar-refractivity contribution in [1.82, 2.24) is 10.2 Å². The Kier molecular flexibility index (Phi) is 2.09. The minimum Gasteiger partial charge on any atom is -0.507 e. The summed E-state index contributed by atoms with van der Waals surface area (Å²) in [5.41, 5.74) is 0.883. The Bertz CT molecular complexity index is 741. The second-order valence-corrected chi connectivity index (χ2v) is 3.77. The van der Waals surface area contributed by atoms with Crippen LogP contribution in [0.25, 0.3) is 22.4 Å². The predicted octanol–water partition coefficient (Wildman–Crippen LogP) is 2.23. The molecule has 2 aromatic heterocycles. The number of phenolic OH excluding ortho intramolecular Hbond substituents is 1. The van der Waals surface area contributed by atoms with Gasteiger partial charge in [-0.3, -0.25) is 5.10 Å². The molecule has 6 nitrogen and oxygen atoms in total. The number of carboxylic acid groups (broad SMARTS) is 1. The first-order valence-corrected chi connectivity index (χ1v) is 5.16. The van der Waals surface area contributed by atoms with Crippen LogP contribution >= 0.6 is 0 Å². The molecule has 2 heterocycles. The molecule has 0 radical (unpaired) electrons. The van der Waals surface area contributed by atoms with Gasteiger partial charge < -0.3 is 14.6 Å². The summed E-state index contributed by atoms with van der Waals surface area (Å²) in [6.07, 6.45) is 0. The van der Waals surface area contributed by atoms with E-state index in [9.17, 15) is 9.90 Å². The van der Waals surface area contributed by atoms with Crippen LogP contribution in [0, 0.1) is 0 Å². The van der Waals surface area contributed by atoms with Crippen molar-refractivity contribution in [2.24, 2.45) is 0 Å². The number of hydrogen-bond acceptors (Lipinski definition) is 4. The number of H-pyrrole nitrogens is 1. The Morgan fingerprint density at radius 2 is 2.17 bits per heavy atom. The van der Waals surface area contributed by atoms with Crippen LogP contribution in [-0.4, -0.2) is 26.4 Å². The molecule has 18 heavy (non-hydrogen) atoms. The van der Waals surface area contributed by atoms with Gasteiger partial charge in [-0.15, -0.1) is 0 Å².